The van der Waals surface area contributed by atoms with E-state index in [0.717, 1.165) is 40.9 Å². The molecule has 5 heteroatoms. The molecule has 3 rings (SSSR count). The fraction of sp³-hybridized carbons (Fsp3) is 0.571. The Bertz CT molecular complexity index is 592. The molecule has 1 fully saturated rings. The summed E-state index contributed by atoms with van der Waals surface area (Å²) in [5.74, 6) is 2.49. The van der Waals surface area contributed by atoms with E-state index in [-0.39, 0.29) is 0 Å². The van der Waals surface area contributed by atoms with Gasteiger partial charge in [-0.15, -0.1) is 11.3 Å². The van der Waals surface area contributed by atoms with Crippen LogP contribution in [-0.4, -0.2) is 22.6 Å². The van der Waals surface area contributed by atoms with Crippen molar-refractivity contribution in [3.63, 3.8) is 0 Å². The van der Waals surface area contributed by atoms with Crippen LogP contribution < -0.4 is 10.6 Å². The molecule has 0 radical (unpaired) electrons. The standard InChI is InChI=1S/C14H20N4S/c1-4-5-15-14-17-12(16-11-6-8(11)2)10-7-9(3)19-13(10)18-14/h7-8,11H,4-6H2,1-3H3,(H2,15,16,17,18). The van der Waals surface area contributed by atoms with E-state index < -0.39 is 0 Å². The van der Waals surface area contributed by atoms with Crippen molar-refractivity contribution < 1.29 is 0 Å². The van der Waals surface area contributed by atoms with Crippen LogP contribution in [0.4, 0.5) is 11.8 Å². The Hall–Kier alpha value is -1.36. The minimum absolute atomic E-state index is 0.581. The second-order valence-electron chi connectivity index (χ2n) is 5.36. The zero-order chi connectivity index (χ0) is 13.4. The van der Waals surface area contributed by atoms with Crippen LogP contribution in [0.25, 0.3) is 10.2 Å². The Morgan fingerprint density at radius 3 is 2.89 bits per heavy atom. The molecule has 0 aliphatic heterocycles. The summed E-state index contributed by atoms with van der Waals surface area (Å²) in [6.07, 6.45) is 2.32. The molecule has 0 amide bonds. The minimum atomic E-state index is 0.581. The van der Waals surface area contributed by atoms with Crippen molar-refractivity contribution in [1.82, 2.24) is 9.97 Å². The van der Waals surface area contributed by atoms with Gasteiger partial charge in [0.05, 0.1) is 5.39 Å². The fourth-order valence-corrected chi connectivity index (χ4v) is 3.05. The summed E-state index contributed by atoms with van der Waals surface area (Å²) in [5.41, 5.74) is 0. The average molecular weight is 276 g/mol. The van der Waals surface area contributed by atoms with E-state index in [4.69, 9.17) is 0 Å². The molecule has 0 spiro atoms. The van der Waals surface area contributed by atoms with E-state index in [0.29, 0.717) is 6.04 Å². The molecule has 2 aromatic heterocycles. The maximum Gasteiger partial charge on any atom is 0.226 e. The number of hydrogen-bond donors (Lipinski definition) is 2. The molecule has 0 saturated heterocycles. The lowest BCUT2D eigenvalue weighted by atomic mass is 10.3. The molecule has 2 atom stereocenters. The smallest absolute Gasteiger partial charge is 0.226 e. The number of rotatable bonds is 5. The topological polar surface area (TPSA) is 49.8 Å². The zero-order valence-electron chi connectivity index (χ0n) is 11.7. The highest BCUT2D eigenvalue weighted by atomic mass is 32.1. The highest BCUT2D eigenvalue weighted by molar-refractivity contribution is 7.18. The van der Waals surface area contributed by atoms with Gasteiger partial charge in [-0.1, -0.05) is 13.8 Å². The number of fused-ring (bicyclic) bond motifs is 1. The van der Waals surface area contributed by atoms with Crippen molar-refractivity contribution >= 4 is 33.3 Å². The molecule has 1 aliphatic rings. The number of aromatic nitrogens is 2. The van der Waals surface area contributed by atoms with Crippen LogP contribution in [0.3, 0.4) is 0 Å². The van der Waals surface area contributed by atoms with E-state index in [1.165, 1.54) is 11.3 Å². The summed E-state index contributed by atoms with van der Waals surface area (Å²) < 4.78 is 0. The Morgan fingerprint density at radius 2 is 2.21 bits per heavy atom. The normalized spacial score (nSPS) is 21.6. The van der Waals surface area contributed by atoms with Crippen molar-refractivity contribution in [2.24, 2.45) is 5.92 Å². The van der Waals surface area contributed by atoms with E-state index in [9.17, 15) is 0 Å². The van der Waals surface area contributed by atoms with Gasteiger partial charge in [0.2, 0.25) is 5.95 Å². The lowest BCUT2D eigenvalue weighted by molar-refractivity contribution is 0.921. The van der Waals surface area contributed by atoms with Gasteiger partial charge >= 0.3 is 0 Å². The summed E-state index contributed by atoms with van der Waals surface area (Å²) in [6, 6.07) is 2.76. The number of nitrogens with one attached hydrogen (secondary N) is 2. The van der Waals surface area contributed by atoms with Crippen LogP contribution >= 0.6 is 11.3 Å². The van der Waals surface area contributed by atoms with Gasteiger partial charge in [0, 0.05) is 17.5 Å². The van der Waals surface area contributed by atoms with Gasteiger partial charge in [-0.3, -0.25) is 0 Å². The molecular formula is C14H20N4S. The Labute approximate surface area is 117 Å². The third kappa shape index (κ3) is 2.66. The molecule has 19 heavy (non-hydrogen) atoms. The maximum absolute atomic E-state index is 4.64. The van der Waals surface area contributed by atoms with Crippen molar-refractivity contribution in [1.29, 1.82) is 0 Å². The Kier molecular flexibility index (Phi) is 3.31. The number of hydrogen-bond acceptors (Lipinski definition) is 5. The fourth-order valence-electron chi connectivity index (χ4n) is 2.17. The first-order chi connectivity index (χ1) is 9.17. The van der Waals surface area contributed by atoms with Gasteiger partial charge in [-0.2, -0.15) is 4.98 Å². The zero-order valence-corrected chi connectivity index (χ0v) is 12.5. The summed E-state index contributed by atoms with van der Waals surface area (Å²) in [4.78, 5) is 11.6. The molecule has 0 bridgehead atoms. The first kappa shape index (κ1) is 12.7. The van der Waals surface area contributed by atoms with Crippen molar-refractivity contribution in [3.8, 4) is 0 Å². The lowest BCUT2D eigenvalue weighted by Crippen LogP contribution is -2.09. The van der Waals surface area contributed by atoms with Crippen molar-refractivity contribution in [3.05, 3.63) is 10.9 Å². The van der Waals surface area contributed by atoms with Crippen LogP contribution in [0.15, 0.2) is 6.07 Å². The van der Waals surface area contributed by atoms with E-state index in [1.54, 1.807) is 11.3 Å². The Balaban J connectivity index is 1.95. The van der Waals surface area contributed by atoms with E-state index >= 15 is 0 Å². The largest absolute Gasteiger partial charge is 0.366 e. The third-order valence-electron chi connectivity index (χ3n) is 3.48. The number of aryl methyl sites for hydroxylation is 1. The first-order valence-corrected chi connectivity index (χ1v) is 7.77. The SMILES string of the molecule is CCCNc1nc(NC2CC2C)c2cc(C)sc2n1. The molecule has 0 aromatic carbocycles. The van der Waals surface area contributed by atoms with Crippen LogP contribution in [0.5, 0.6) is 0 Å². The predicted octanol–water partition coefficient (Wildman–Crippen LogP) is 3.64. The van der Waals surface area contributed by atoms with Gasteiger partial charge in [-0.05, 0) is 31.7 Å². The molecule has 102 valence electrons. The van der Waals surface area contributed by atoms with Gasteiger partial charge in [-0.25, -0.2) is 4.98 Å². The predicted molar refractivity (Wildman–Crippen MR) is 82.1 cm³/mol. The monoisotopic (exact) mass is 276 g/mol. The molecule has 2 N–H and O–H groups in total. The summed E-state index contributed by atoms with van der Waals surface area (Å²) in [7, 11) is 0. The highest BCUT2D eigenvalue weighted by Crippen LogP contribution is 2.36. The lowest BCUT2D eigenvalue weighted by Gasteiger charge is -2.09. The van der Waals surface area contributed by atoms with Gasteiger partial charge in [0.1, 0.15) is 10.6 Å². The Morgan fingerprint density at radius 1 is 1.42 bits per heavy atom. The molecule has 1 aliphatic carbocycles. The summed E-state index contributed by atoms with van der Waals surface area (Å²) in [6.45, 7) is 7.45. The van der Waals surface area contributed by atoms with Crippen molar-refractivity contribution in [2.75, 3.05) is 17.2 Å². The number of thiophene rings is 1. The quantitative estimate of drug-likeness (QED) is 0.875. The highest BCUT2D eigenvalue weighted by Gasteiger charge is 2.33. The maximum atomic E-state index is 4.64. The van der Waals surface area contributed by atoms with E-state index in [2.05, 4.69) is 47.4 Å². The molecule has 2 aromatic rings. The summed E-state index contributed by atoms with van der Waals surface area (Å²) >= 11 is 1.73. The van der Waals surface area contributed by atoms with Crippen LogP contribution in [0.1, 0.15) is 31.6 Å². The molecular weight excluding hydrogens is 256 g/mol. The number of anilines is 2. The number of nitrogens with zero attached hydrogens (tertiary/aromatic N) is 2. The summed E-state index contributed by atoms with van der Waals surface area (Å²) in [5, 5.41) is 8.00. The molecule has 1 saturated carbocycles. The molecule has 2 unspecified atom stereocenters. The second-order valence-corrected chi connectivity index (χ2v) is 6.60. The third-order valence-corrected chi connectivity index (χ3v) is 4.43. The minimum Gasteiger partial charge on any atom is -0.366 e. The average Bonchev–Trinajstić information content (AvgIpc) is 2.91. The van der Waals surface area contributed by atoms with Crippen LogP contribution in [0, 0.1) is 12.8 Å². The first-order valence-electron chi connectivity index (χ1n) is 6.96. The van der Waals surface area contributed by atoms with Crippen molar-refractivity contribution in [2.45, 2.75) is 39.7 Å². The van der Waals surface area contributed by atoms with Gasteiger partial charge < -0.3 is 10.6 Å². The van der Waals surface area contributed by atoms with Gasteiger partial charge in [0.25, 0.3) is 0 Å². The van der Waals surface area contributed by atoms with Crippen LogP contribution in [-0.2, 0) is 0 Å². The molecule has 4 nitrogen and oxygen atoms in total. The van der Waals surface area contributed by atoms with Crippen LogP contribution in [0.2, 0.25) is 0 Å². The van der Waals surface area contributed by atoms with Gasteiger partial charge in [0.15, 0.2) is 0 Å². The molecule has 2 heterocycles. The van der Waals surface area contributed by atoms with E-state index in [1.807, 2.05) is 0 Å². The second kappa shape index (κ2) is 4.96.